The van der Waals surface area contributed by atoms with Gasteiger partial charge in [-0.25, -0.2) is 0 Å². The summed E-state index contributed by atoms with van der Waals surface area (Å²) in [4.78, 5) is 23.6. The molecule has 0 unspecified atom stereocenters. The minimum absolute atomic E-state index is 0.0307. The summed E-state index contributed by atoms with van der Waals surface area (Å²) in [6, 6.07) is 9.00. The lowest BCUT2D eigenvalue weighted by molar-refractivity contribution is -0.692. The van der Waals surface area contributed by atoms with Gasteiger partial charge in [0.2, 0.25) is 5.91 Å². The highest BCUT2D eigenvalue weighted by molar-refractivity contribution is 5.85. The molecule has 0 fully saturated rings. The van der Waals surface area contributed by atoms with Crippen molar-refractivity contribution >= 4 is 11.8 Å². The van der Waals surface area contributed by atoms with Crippen LogP contribution in [0.5, 0.6) is 0 Å². The van der Waals surface area contributed by atoms with Gasteiger partial charge < -0.3 is 16.0 Å². The molecule has 0 aromatic heterocycles. The first-order chi connectivity index (χ1) is 11.8. The molecule has 0 aliphatic carbocycles. The summed E-state index contributed by atoms with van der Waals surface area (Å²) in [7, 11) is 0. The van der Waals surface area contributed by atoms with Crippen molar-refractivity contribution in [2.45, 2.75) is 59.5 Å². The van der Waals surface area contributed by atoms with Gasteiger partial charge in [0.05, 0.1) is 6.54 Å². The average molecular weight is 349 g/mol. The van der Waals surface area contributed by atoms with E-state index in [1.807, 2.05) is 13.8 Å². The molecule has 0 bridgehead atoms. The molecule has 25 heavy (non-hydrogen) atoms. The Labute approximate surface area is 152 Å². The first-order valence-electron chi connectivity index (χ1n) is 9.31. The normalized spacial score (nSPS) is 12.3. The van der Waals surface area contributed by atoms with E-state index in [1.165, 1.54) is 11.1 Å². The molecule has 0 aliphatic heterocycles. The van der Waals surface area contributed by atoms with E-state index in [9.17, 15) is 9.59 Å². The molecule has 0 heterocycles. The van der Waals surface area contributed by atoms with Gasteiger partial charge in [-0.2, -0.15) is 0 Å². The smallest absolute Gasteiger partial charge is 0.275 e. The van der Waals surface area contributed by atoms with Gasteiger partial charge in [-0.1, -0.05) is 51.5 Å². The van der Waals surface area contributed by atoms with E-state index in [4.69, 9.17) is 0 Å². The van der Waals surface area contributed by atoms with Crippen LogP contribution in [0.25, 0.3) is 0 Å². The van der Waals surface area contributed by atoms with Gasteiger partial charge in [-0.3, -0.25) is 9.59 Å². The van der Waals surface area contributed by atoms with Crippen molar-refractivity contribution in [3.63, 3.8) is 0 Å². The lowest BCUT2D eigenvalue weighted by atomic mass is 9.94. The Morgan fingerprint density at radius 1 is 1.04 bits per heavy atom. The molecule has 1 atom stereocenters. The second-order valence-electron chi connectivity index (χ2n) is 7.20. The predicted octanol–water partition coefficient (Wildman–Crippen LogP) is 1.54. The quantitative estimate of drug-likeness (QED) is 0.600. The van der Waals surface area contributed by atoms with Gasteiger partial charge in [-0.15, -0.1) is 0 Å². The molecule has 0 aliphatic rings. The van der Waals surface area contributed by atoms with Crippen molar-refractivity contribution in [2.75, 3.05) is 13.1 Å². The number of nitrogens with one attached hydrogen (secondary N) is 2. The molecule has 5 heteroatoms. The molecular formula is C20H34N3O2+. The largest absolute Gasteiger partial charge is 0.352 e. The molecule has 1 rings (SSSR count). The second kappa shape index (κ2) is 10.9. The molecule has 1 aromatic rings. The van der Waals surface area contributed by atoms with Gasteiger partial charge in [0.15, 0.2) is 6.54 Å². The summed E-state index contributed by atoms with van der Waals surface area (Å²) in [6.07, 6.45) is 2.24. The Balaban J connectivity index is 2.52. The number of nitrogens with two attached hydrogens (primary N) is 1. The molecule has 4 N–H and O–H groups in total. The standard InChI is InChI=1S/C20H33N3O2/c1-6-7-16-8-10-17(11-9-16)20(14(2)3)22-12-18(24)21-13-19(25)23-15(4)5/h8-11,14-15,20,22H,6-7,12-13H2,1-5H3,(H,21,24)(H,23,25)/p+1/t20-/m1/s1. The van der Waals surface area contributed by atoms with Crippen LogP contribution in [0.1, 0.15) is 58.2 Å². The van der Waals surface area contributed by atoms with Gasteiger partial charge in [0, 0.05) is 17.5 Å². The van der Waals surface area contributed by atoms with Gasteiger partial charge >= 0.3 is 0 Å². The maximum Gasteiger partial charge on any atom is 0.275 e. The van der Waals surface area contributed by atoms with E-state index in [1.54, 1.807) is 0 Å². The third-order valence-corrected chi connectivity index (χ3v) is 4.07. The average Bonchev–Trinajstić information content (AvgIpc) is 2.54. The third-order valence-electron chi connectivity index (χ3n) is 4.07. The lowest BCUT2D eigenvalue weighted by Crippen LogP contribution is -2.88. The Morgan fingerprint density at radius 2 is 1.68 bits per heavy atom. The molecule has 2 amide bonds. The molecular weight excluding hydrogens is 314 g/mol. The van der Waals surface area contributed by atoms with Crippen LogP contribution >= 0.6 is 0 Å². The second-order valence-corrected chi connectivity index (χ2v) is 7.20. The highest BCUT2D eigenvalue weighted by Crippen LogP contribution is 2.18. The first kappa shape index (κ1) is 21.2. The van der Waals surface area contributed by atoms with Crippen LogP contribution in [0.3, 0.4) is 0 Å². The van der Waals surface area contributed by atoms with Crippen molar-refractivity contribution in [1.29, 1.82) is 0 Å². The van der Waals surface area contributed by atoms with Gasteiger partial charge in [0.1, 0.15) is 6.04 Å². The van der Waals surface area contributed by atoms with Crippen molar-refractivity contribution in [1.82, 2.24) is 10.6 Å². The molecule has 0 spiro atoms. The van der Waals surface area contributed by atoms with Crippen LogP contribution in [0.15, 0.2) is 24.3 Å². The Bertz CT molecular complexity index is 538. The van der Waals surface area contributed by atoms with E-state index < -0.39 is 0 Å². The minimum atomic E-state index is -0.157. The minimum Gasteiger partial charge on any atom is -0.352 e. The number of benzene rings is 1. The lowest BCUT2D eigenvalue weighted by Gasteiger charge is -2.20. The maximum atomic E-state index is 12.0. The van der Waals surface area contributed by atoms with Crippen LogP contribution in [-0.2, 0) is 16.0 Å². The zero-order chi connectivity index (χ0) is 18.8. The van der Waals surface area contributed by atoms with Crippen LogP contribution in [-0.4, -0.2) is 30.9 Å². The summed E-state index contributed by atoms with van der Waals surface area (Å²) in [5.74, 6) is 0.136. The SMILES string of the molecule is CCCc1ccc([C@H]([NH2+]CC(=O)NCC(=O)NC(C)C)C(C)C)cc1. The Hall–Kier alpha value is -1.88. The maximum absolute atomic E-state index is 12.0. The van der Waals surface area contributed by atoms with E-state index in [-0.39, 0.29) is 30.4 Å². The van der Waals surface area contributed by atoms with Crippen LogP contribution in [0, 0.1) is 5.92 Å². The van der Waals surface area contributed by atoms with Crippen LogP contribution in [0.2, 0.25) is 0 Å². The zero-order valence-corrected chi connectivity index (χ0v) is 16.3. The van der Waals surface area contributed by atoms with E-state index in [0.717, 1.165) is 12.8 Å². The van der Waals surface area contributed by atoms with E-state index in [0.29, 0.717) is 12.5 Å². The number of rotatable bonds is 10. The molecule has 0 saturated carbocycles. The summed E-state index contributed by atoms with van der Waals surface area (Å²) >= 11 is 0. The zero-order valence-electron chi connectivity index (χ0n) is 16.3. The highest BCUT2D eigenvalue weighted by atomic mass is 16.2. The van der Waals surface area contributed by atoms with Crippen molar-refractivity contribution in [3.05, 3.63) is 35.4 Å². The van der Waals surface area contributed by atoms with Crippen molar-refractivity contribution in [2.24, 2.45) is 5.92 Å². The number of amides is 2. The van der Waals surface area contributed by atoms with E-state index >= 15 is 0 Å². The number of carbonyl (C=O) groups excluding carboxylic acids is 2. The predicted molar refractivity (Wildman–Crippen MR) is 101 cm³/mol. The van der Waals surface area contributed by atoms with Gasteiger partial charge in [-0.05, 0) is 25.8 Å². The summed E-state index contributed by atoms with van der Waals surface area (Å²) < 4.78 is 0. The Morgan fingerprint density at radius 3 is 2.20 bits per heavy atom. The molecule has 0 saturated heterocycles. The third kappa shape index (κ3) is 8.16. The summed E-state index contributed by atoms with van der Waals surface area (Å²) in [5, 5.41) is 7.49. The first-order valence-corrected chi connectivity index (χ1v) is 9.31. The number of hydrogen-bond acceptors (Lipinski definition) is 2. The molecule has 1 aromatic carbocycles. The number of quaternary nitrogens is 1. The number of carbonyl (C=O) groups is 2. The van der Waals surface area contributed by atoms with Crippen molar-refractivity contribution in [3.8, 4) is 0 Å². The summed E-state index contributed by atoms with van der Waals surface area (Å²) in [6.45, 7) is 10.6. The molecule has 140 valence electrons. The van der Waals surface area contributed by atoms with Crippen LogP contribution < -0.4 is 16.0 Å². The fraction of sp³-hybridized carbons (Fsp3) is 0.600. The highest BCUT2D eigenvalue weighted by Gasteiger charge is 2.20. The Kier molecular flexibility index (Phi) is 9.21. The molecule has 0 radical (unpaired) electrons. The number of aryl methyl sites for hydroxylation is 1. The van der Waals surface area contributed by atoms with Gasteiger partial charge in [0.25, 0.3) is 5.91 Å². The fourth-order valence-corrected chi connectivity index (χ4v) is 2.85. The van der Waals surface area contributed by atoms with E-state index in [2.05, 4.69) is 61.0 Å². The molecule has 5 nitrogen and oxygen atoms in total. The summed E-state index contributed by atoms with van der Waals surface area (Å²) in [5.41, 5.74) is 2.59. The topological polar surface area (TPSA) is 74.8 Å². The fourth-order valence-electron chi connectivity index (χ4n) is 2.85. The monoisotopic (exact) mass is 348 g/mol. The van der Waals surface area contributed by atoms with Crippen LogP contribution in [0.4, 0.5) is 0 Å². The van der Waals surface area contributed by atoms with Crippen molar-refractivity contribution < 1.29 is 14.9 Å². The number of hydrogen-bond donors (Lipinski definition) is 3.